The number of nitrogens with zero attached hydrogens (tertiary/aromatic N) is 4. The van der Waals surface area contributed by atoms with E-state index in [9.17, 15) is 14.4 Å². The highest BCUT2D eigenvalue weighted by atomic mass is 32.1. The molecule has 7 nitrogen and oxygen atoms in total. The van der Waals surface area contributed by atoms with Crippen molar-refractivity contribution in [1.29, 1.82) is 0 Å². The number of aromatic nitrogens is 1. The van der Waals surface area contributed by atoms with Crippen LogP contribution in [0.2, 0.25) is 0 Å². The van der Waals surface area contributed by atoms with Gasteiger partial charge in [0.2, 0.25) is 5.91 Å². The summed E-state index contributed by atoms with van der Waals surface area (Å²) in [7, 11) is 0. The van der Waals surface area contributed by atoms with Crippen LogP contribution in [0.3, 0.4) is 0 Å². The van der Waals surface area contributed by atoms with E-state index < -0.39 is 11.8 Å². The van der Waals surface area contributed by atoms with E-state index in [1.54, 1.807) is 29.2 Å². The number of imide groups is 1. The molecule has 1 aliphatic heterocycles. The van der Waals surface area contributed by atoms with Crippen LogP contribution in [0.1, 0.15) is 40.1 Å². The van der Waals surface area contributed by atoms with E-state index in [1.165, 1.54) is 11.3 Å². The summed E-state index contributed by atoms with van der Waals surface area (Å²) in [5.41, 5.74) is 2.60. The van der Waals surface area contributed by atoms with Crippen molar-refractivity contribution < 1.29 is 14.4 Å². The van der Waals surface area contributed by atoms with Crippen molar-refractivity contribution in [2.75, 3.05) is 37.6 Å². The van der Waals surface area contributed by atoms with Crippen molar-refractivity contribution in [2.24, 2.45) is 0 Å². The van der Waals surface area contributed by atoms with Gasteiger partial charge in [0.15, 0.2) is 5.13 Å². The highest BCUT2D eigenvalue weighted by Gasteiger charge is 2.37. The van der Waals surface area contributed by atoms with Gasteiger partial charge in [0.25, 0.3) is 11.8 Å². The zero-order valence-corrected chi connectivity index (χ0v) is 19.3. The first-order valence-electron chi connectivity index (χ1n) is 10.8. The van der Waals surface area contributed by atoms with E-state index in [0.29, 0.717) is 29.3 Å². The summed E-state index contributed by atoms with van der Waals surface area (Å²) < 4.78 is 1.00. The second kappa shape index (κ2) is 9.18. The number of hydrogen-bond donors (Lipinski definition) is 0. The van der Waals surface area contributed by atoms with Crippen LogP contribution < -0.4 is 4.90 Å². The van der Waals surface area contributed by atoms with Crippen molar-refractivity contribution in [3.63, 3.8) is 0 Å². The van der Waals surface area contributed by atoms with E-state index in [1.807, 2.05) is 25.1 Å². The zero-order valence-electron chi connectivity index (χ0n) is 18.5. The van der Waals surface area contributed by atoms with E-state index in [0.717, 1.165) is 33.8 Å². The molecular formula is C24H26N4O3S. The van der Waals surface area contributed by atoms with Crippen LogP contribution >= 0.6 is 11.3 Å². The maximum Gasteiger partial charge on any atom is 0.262 e. The molecular weight excluding hydrogens is 424 g/mol. The van der Waals surface area contributed by atoms with E-state index in [-0.39, 0.29) is 12.5 Å². The van der Waals surface area contributed by atoms with Gasteiger partial charge < -0.3 is 4.90 Å². The summed E-state index contributed by atoms with van der Waals surface area (Å²) in [5, 5.41) is 0.586. The lowest BCUT2D eigenvalue weighted by Gasteiger charge is -2.26. The third-order valence-corrected chi connectivity index (χ3v) is 6.89. The molecule has 3 amide bonds. The van der Waals surface area contributed by atoms with Crippen LogP contribution in [-0.2, 0) is 4.79 Å². The van der Waals surface area contributed by atoms with Crippen LogP contribution in [-0.4, -0.2) is 65.2 Å². The predicted octanol–water partition coefficient (Wildman–Crippen LogP) is 3.58. The standard InChI is InChI=1S/C24H26N4O3S/c1-4-26(5-2)13-14-27(24-25-21-16(3)9-8-12-19(21)32-24)20(29)15-28-22(30)17-10-6-7-11-18(17)23(28)31/h6-12H,4-5,13-15H2,1-3H3. The topological polar surface area (TPSA) is 73.8 Å². The van der Waals surface area contributed by atoms with Gasteiger partial charge in [0.05, 0.1) is 21.3 Å². The summed E-state index contributed by atoms with van der Waals surface area (Å²) in [6.07, 6.45) is 0. The molecule has 0 aliphatic carbocycles. The summed E-state index contributed by atoms with van der Waals surface area (Å²) in [4.78, 5) is 48.5. The number of amides is 3. The van der Waals surface area contributed by atoms with Crippen LogP contribution in [0.25, 0.3) is 10.2 Å². The highest BCUT2D eigenvalue weighted by molar-refractivity contribution is 7.22. The Morgan fingerprint density at radius 2 is 1.62 bits per heavy atom. The van der Waals surface area contributed by atoms with Crippen molar-refractivity contribution in [3.8, 4) is 0 Å². The number of hydrogen-bond acceptors (Lipinski definition) is 6. The van der Waals surface area contributed by atoms with Gasteiger partial charge in [-0.3, -0.25) is 24.2 Å². The maximum absolute atomic E-state index is 13.4. The highest BCUT2D eigenvalue weighted by Crippen LogP contribution is 2.31. The van der Waals surface area contributed by atoms with Crippen molar-refractivity contribution >= 4 is 44.4 Å². The average molecular weight is 451 g/mol. The number of fused-ring (bicyclic) bond motifs is 2. The van der Waals surface area contributed by atoms with Gasteiger partial charge in [-0.2, -0.15) is 0 Å². The number of rotatable bonds is 8. The average Bonchev–Trinajstić information content (AvgIpc) is 3.33. The van der Waals surface area contributed by atoms with Crippen LogP contribution in [0.4, 0.5) is 5.13 Å². The fraction of sp³-hybridized carbons (Fsp3) is 0.333. The third-order valence-electron chi connectivity index (χ3n) is 5.85. The van der Waals surface area contributed by atoms with Gasteiger partial charge in [-0.05, 0) is 43.8 Å². The van der Waals surface area contributed by atoms with Crippen molar-refractivity contribution in [1.82, 2.24) is 14.8 Å². The predicted molar refractivity (Wildman–Crippen MR) is 126 cm³/mol. The Morgan fingerprint density at radius 1 is 0.969 bits per heavy atom. The van der Waals surface area contributed by atoms with Gasteiger partial charge in [-0.25, -0.2) is 4.98 Å². The number of thiazole rings is 1. The molecule has 1 aliphatic rings. The lowest BCUT2D eigenvalue weighted by atomic mass is 10.1. The Bertz CT molecular complexity index is 1150. The Kier molecular flexibility index (Phi) is 6.34. The molecule has 0 saturated carbocycles. The molecule has 4 rings (SSSR count). The van der Waals surface area contributed by atoms with Gasteiger partial charge in [0, 0.05) is 13.1 Å². The molecule has 0 bridgehead atoms. The molecule has 0 atom stereocenters. The molecule has 2 heterocycles. The molecule has 1 aromatic heterocycles. The van der Waals surface area contributed by atoms with E-state index >= 15 is 0 Å². The fourth-order valence-electron chi connectivity index (χ4n) is 3.90. The van der Waals surface area contributed by atoms with Crippen LogP contribution in [0.15, 0.2) is 42.5 Å². The second-order valence-electron chi connectivity index (χ2n) is 7.73. The van der Waals surface area contributed by atoms with Crippen molar-refractivity contribution in [3.05, 3.63) is 59.2 Å². The number of benzene rings is 2. The summed E-state index contributed by atoms with van der Waals surface area (Å²) in [6.45, 7) is 8.70. The smallest absolute Gasteiger partial charge is 0.262 e. The number of aryl methyl sites for hydroxylation is 1. The molecule has 2 aromatic carbocycles. The van der Waals surface area contributed by atoms with Gasteiger partial charge in [-0.15, -0.1) is 0 Å². The molecule has 0 unspecified atom stereocenters. The van der Waals surface area contributed by atoms with E-state index in [4.69, 9.17) is 4.98 Å². The molecule has 166 valence electrons. The molecule has 0 radical (unpaired) electrons. The summed E-state index contributed by atoms with van der Waals surface area (Å²) in [5.74, 6) is -1.17. The van der Waals surface area contributed by atoms with Crippen molar-refractivity contribution in [2.45, 2.75) is 20.8 Å². The summed E-state index contributed by atoms with van der Waals surface area (Å²) in [6, 6.07) is 12.6. The minimum absolute atomic E-state index is 0.306. The molecule has 0 spiro atoms. The van der Waals surface area contributed by atoms with Gasteiger partial charge in [0.1, 0.15) is 6.54 Å². The van der Waals surface area contributed by atoms with Gasteiger partial charge >= 0.3 is 0 Å². The second-order valence-corrected chi connectivity index (χ2v) is 8.74. The lowest BCUT2D eigenvalue weighted by molar-refractivity contribution is -0.119. The number of para-hydroxylation sites is 1. The largest absolute Gasteiger partial charge is 0.302 e. The number of anilines is 1. The van der Waals surface area contributed by atoms with Crippen LogP contribution in [0.5, 0.6) is 0 Å². The lowest BCUT2D eigenvalue weighted by Crippen LogP contribution is -2.45. The molecule has 0 N–H and O–H groups in total. The summed E-state index contributed by atoms with van der Waals surface area (Å²) >= 11 is 1.45. The molecule has 0 fully saturated rings. The SMILES string of the molecule is CCN(CC)CCN(C(=O)CN1C(=O)c2ccccc2C1=O)c1nc2c(C)cccc2s1. The Balaban J connectivity index is 1.62. The number of carbonyl (C=O) groups excluding carboxylic acids is 3. The molecule has 32 heavy (non-hydrogen) atoms. The molecule has 3 aromatic rings. The van der Waals surface area contributed by atoms with E-state index in [2.05, 4.69) is 18.7 Å². The minimum Gasteiger partial charge on any atom is -0.302 e. The Morgan fingerprint density at radius 3 is 2.22 bits per heavy atom. The van der Waals surface area contributed by atoms with Crippen LogP contribution in [0, 0.1) is 6.92 Å². The minimum atomic E-state index is -0.428. The maximum atomic E-state index is 13.4. The molecule has 8 heteroatoms. The first kappa shape index (κ1) is 22.1. The quantitative estimate of drug-likeness (QED) is 0.491. The molecule has 0 saturated heterocycles. The third kappa shape index (κ3) is 4.03. The van der Waals surface area contributed by atoms with Gasteiger partial charge in [-0.1, -0.05) is 49.4 Å². The number of carbonyl (C=O) groups is 3. The first-order valence-corrected chi connectivity index (χ1v) is 11.6. The Labute approximate surface area is 191 Å². The first-order chi connectivity index (χ1) is 15.4. The fourth-order valence-corrected chi connectivity index (χ4v) is 4.99. The zero-order chi connectivity index (χ0) is 22.8. The normalized spacial score (nSPS) is 13.3. The number of likely N-dealkylation sites (N-methyl/N-ethyl adjacent to an activating group) is 1. The Hall–Kier alpha value is -3.10. The monoisotopic (exact) mass is 450 g/mol.